The number of hydrogen-bond acceptors (Lipinski definition) is 4. The molecule has 4 aromatic rings. The van der Waals surface area contributed by atoms with Crippen molar-refractivity contribution in [1.29, 1.82) is 0 Å². The molecule has 0 unspecified atom stereocenters. The van der Waals surface area contributed by atoms with Gasteiger partial charge in [0.1, 0.15) is 23.0 Å². The van der Waals surface area contributed by atoms with Gasteiger partial charge in [-0.1, -0.05) is 208 Å². The minimum atomic E-state index is -1.09. The van der Waals surface area contributed by atoms with Crippen molar-refractivity contribution in [3.8, 4) is 23.0 Å². The second-order valence-electron chi connectivity index (χ2n) is 26.8. The summed E-state index contributed by atoms with van der Waals surface area (Å²) in [4.78, 5) is 0. The first-order valence-corrected chi connectivity index (χ1v) is 24.2. The zero-order valence-corrected chi connectivity index (χ0v) is 44.8. The van der Waals surface area contributed by atoms with Crippen molar-refractivity contribution in [2.75, 3.05) is 0 Å². The molecule has 4 rings (SSSR count). The average molecular weight is 875 g/mol. The molecule has 64 heavy (non-hydrogen) atoms. The Labute approximate surface area is 391 Å². The van der Waals surface area contributed by atoms with Crippen LogP contribution in [0.25, 0.3) is 0 Å². The second-order valence-corrected chi connectivity index (χ2v) is 26.8. The van der Waals surface area contributed by atoms with E-state index >= 15 is 0 Å². The highest BCUT2D eigenvalue weighted by Gasteiger charge is 2.44. The maximum atomic E-state index is 13.0. The maximum absolute atomic E-state index is 13.0. The largest absolute Gasteiger partial charge is 0.507 e. The second kappa shape index (κ2) is 17.7. The molecule has 0 saturated heterocycles. The van der Waals surface area contributed by atoms with Crippen LogP contribution in [0, 0.1) is 11.8 Å². The highest BCUT2D eigenvalue weighted by molar-refractivity contribution is 5.63. The third-order valence-corrected chi connectivity index (χ3v) is 13.4. The molecule has 0 radical (unpaired) electrons. The molecule has 0 saturated carbocycles. The summed E-state index contributed by atoms with van der Waals surface area (Å²) >= 11 is 0. The van der Waals surface area contributed by atoms with E-state index in [9.17, 15) is 20.4 Å². The fraction of sp³-hybridized carbons (Fsp3) is 0.600. The Bertz CT molecular complexity index is 2150. The predicted molar refractivity (Wildman–Crippen MR) is 275 cm³/mol. The zero-order chi connectivity index (χ0) is 49.2. The van der Waals surface area contributed by atoms with Crippen LogP contribution in [0.2, 0.25) is 0 Å². The summed E-state index contributed by atoms with van der Waals surface area (Å²) < 4.78 is 0. The molecule has 0 aliphatic heterocycles. The van der Waals surface area contributed by atoms with Crippen LogP contribution >= 0.6 is 0 Å². The standard InChI is InChI=1S/C60H90O4/c1-35(2)24-37-26-41(50(61)44(28-37)56(11,12)13)43(42-27-38(25-36(3)4)29-45(51(42)62)57(14,15)16)34-60(23,48-32-39(54(5,6)7)30-46(52(48)63)58(17,18)19)49-33-40(55(8,9)10)31-47(53(49)64)59(20,21)22/h26-33,35-36,43,61-64H,24-25,34H2,1-23H3. The summed E-state index contributed by atoms with van der Waals surface area (Å²) in [5, 5.41) is 51.9. The van der Waals surface area contributed by atoms with Gasteiger partial charge >= 0.3 is 0 Å². The molecule has 0 amide bonds. The van der Waals surface area contributed by atoms with Crippen molar-refractivity contribution in [2.24, 2.45) is 11.8 Å². The Balaban J connectivity index is 2.45. The Morgan fingerprint density at radius 1 is 0.344 bits per heavy atom. The Hall–Kier alpha value is -3.92. The van der Waals surface area contributed by atoms with Crippen molar-refractivity contribution in [3.05, 3.63) is 115 Å². The van der Waals surface area contributed by atoms with Crippen LogP contribution in [0.4, 0.5) is 0 Å². The number of phenols is 4. The number of rotatable bonds is 10. The van der Waals surface area contributed by atoms with E-state index in [1.165, 1.54) is 0 Å². The molecule has 0 aliphatic carbocycles. The average Bonchev–Trinajstić information content (AvgIpc) is 3.08. The first-order chi connectivity index (χ1) is 28.7. The molecule has 4 heteroatoms. The molecule has 0 bridgehead atoms. The van der Waals surface area contributed by atoms with Gasteiger partial charge in [0.25, 0.3) is 0 Å². The van der Waals surface area contributed by atoms with Crippen LogP contribution in [-0.2, 0) is 50.7 Å². The smallest absolute Gasteiger partial charge is 0.123 e. The molecule has 4 N–H and O–H groups in total. The van der Waals surface area contributed by atoms with Gasteiger partial charge in [0, 0.05) is 33.6 Å². The quantitative estimate of drug-likeness (QED) is 0.128. The molecule has 0 heterocycles. The predicted octanol–water partition coefficient (Wildman–Crippen LogP) is 16.2. The lowest BCUT2D eigenvalue weighted by atomic mass is 9.63. The zero-order valence-electron chi connectivity index (χ0n) is 44.8. The third kappa shape index (κ3) is 11.4. The van der Waals surface area contributed by atoms with Crippen LogP contribution in [0.1, 0.15) is 238 Å². The monoisotopic (exact) mass is 875 g/mol. The molecule has 0 fully saturated rings. The molecule has 0 atom stereocenters. The van der Waals surface area contributed by atoms with Gasteiger partial charge in [-0.05, 0) is 108 Å². The summed E-state index contributed by atoms with van der Waals surface area (Å²) in [6.45, 7) is 50.1. The SMILES string of the molecule is CC(C)Cc1cc(C(CC(C)(c2cc(C(C)(C)C)cc(C(C)(C)C)c2O)c2cc(C(C)(C)C)cc(C(C)(C)C)c2O)c2cc(CC(C)C)cc(C(C)(C)C)c2O)c(O)c(C(C)(C)C)c1. The lowest BCUT2D eigenvalue weighted by molar-refractivity contribution is 0.377. The van der Waals surface area contributed by atoms with Crippen molar-refractivity contribution in [1.82, 2.24) is 0 Å². The minimum absolute atomic E-state index is 0.209. The van der Waals surface area contributed by atoms with Crippen molar-refractivity contribution in [2.45, 2.75) is 222 Å². The van der Waals surface area contributed by atoms with E-state index in [-0.39, 0.29) is 44.7 Å². The van der Waals surface area contributed by atoms with Crippen molar-refractivity contribution in [3.63, 3.8) is 0 Å². The maximum Gasteiger partial charge on any atom is 0.123 e. The third-order valence-electron chi connectivity index (χ3n) is 13.4. The van der Waals surface area contributed by atoms with Gasteiger partial charge < -0.3 is 20.4 Å². The summed E-state index contributed by atoms with van der Waals surface area (Å²) in [5.41, 5.74) is 7.54. The molecular weight excluding hydrogens is 785 g/mol. The van der Waals surface area contributed by atoms with E-state index < -0.39 is 22.2 Å². The number of hydrogen-bond donors (Lipinski definition) is 4. The van der Waals surface area contributed by atoms with Gasteiger partial charge in [-0.2, -0.15) is 0 Å². The highest BCUT2D eigenvalue weighted by atomic mass is 16.3. The minimum Gasteiger partial charge on any atom is -0.507 e. The van der Waals surface area contributed by atoms with E-state index in [2.05, 4.69) is 208 Å². The van der Waals surface area contributed by atoms with Gasteiger partial charge in [-0.25, -0.2) is 0 Å². The van der Waals surface area contributed by atoms with Gasteiger partial charge in [0.2, 0.25) is 0 Å². The summed E-state index contributed by atoms with van der Waals surface area (Å²) in [5.74, 6) is 1.02. The van der Waals surface area contributed by atoms with Gasteiger partial charge in [0.15, 0.2) is 0 Å². The van der Waals surface area contributed by atoms with E-state index in [1.807, 2.05) is 0 Å². The molecule has 354 valence electrons. The molecule has 4 aromatic carbocycles. The van der Waals surface area contributed by atoms with Crippen molar-refractivity contribution >= 4 is 0 Å². The normalized spacial score (nSPS) is 13.8. The van der Waals surface area contributed by atoms with Crippen LogP contribution in [0.5, 0.6) is 23.0 Å². The molecule has 0 spiro atoms. The molecule has 0 aliphatic rings. The number of benzene rings is 4. The van der Waals surface area contributed by atoms with E-state index in [0.717, 1.165) is 79.6 Å². The summed E-state index contributed by atoms with van der Waals surface area (Å²) in [6, 6.07) is 17.4. The van der Waals surface area contributed by atoms with E-state index in [0.29, 0.717) is 18.3 Å². The van der Waals surface area contributed by atoms with Crippen LogP contribution < -0.4 is 0 Å². The Morgan fingerprint density at radius 3 is 0.859 bits per heavy atom. The first-order valence-electron chi connectivity index (χ1n) is 24.2. The lowest BCUT2D eigenvalue weighted by Crippen LogP contribution is -2.31. The molecule has 0 aromatic heterocycles. The van der Waals surface area contributed by atoms with Crippen molar-refractivity contribution < 1.29 is 20.4 Å². The van der Waals surface area contributed by atoms with E-state index in [4.69, 9.17) is 0 Å². The fourth-order valence-corrected chi connectivity index (χ4v) is 9.57. The number of aromatic hydroxyl groups is 4. The van der Waals surface area contributed by atoms with Gasteiger partial charge in [0.05, 0.1) is 0 Å². The van der Waals surface area contributed by atoms with Crippen LogP contribution in [0.3, 0.4) is 0 Å². The summed E-state index contributed by atoms with van der Waals surface area (Å²) in [7, 11) is 0. The van der Waals surface area contributed by atoms with E-state index in [1.54, 1.807) is 0 Å². The van der Waals surface area contributed by atoms with Crippen LogP contribution in [-0.4, -0.2) is 20.4 Å². The van der Waals surface area contributed by atoms with Gasteiger partial charge in [-0.3, -0.25) is 0 Å². The topological polar surface area (TPSA) is 80.9 Å². The lowest BCUT2D eigenvalue weighted by Gasteiger charge is -2.41. The molecule has 4 nitrogen and oxygen atoms in total. The Morgan fingerprint density at radius 2 is 0.609 bits per heavy atom. The fourth-order valence-electron chi connectivity index (χ4n) is 9.57. The Kier molecular flexibility index (Phi) is 14.6. The van der Waals surface area contributed by atoms with Crippen LogP contribution in [0.15, 0.2) is 48.5 Å². The highest BCUT2D eigenvalue weighted by Crippen LogP contribution is 2.56. The number of phenolic OH excluding ortho intramolecular Hbond substituents is 4. The molecular formula is C60H90O4. The first kappa shape index (κ1) is 52.7. The summed E-state index contributed by atoms with van der Waals surface area (Å²) in [6.07, 6.45) is 1.95. The van der Waals surface area contributed by atoms with Gasteiger partial charge in [-0.15, -0.1) is 0 Å².